The summed E-state index contributed by atoms with van der Waals surface area (Å²) in [5.74, 6) is -1.15. The second kappa shape index (κ2) is 8.87. The summed E-state index contributed by atoms with van der Waals surface area (Å²) >= 11 is 0. The van der Waals surface area contributed by atoms with E-state index < -0.39 is 11.9 Å². The number of benzene rings is 2. The van der Waals surface area contributed by atoms with Crippen LogP contribution >= 0.6 is 0 Å². The number of aryl methyl sites for hydroxylation is 1. The quantitative estimate of drug-likeness (QED) is 0.774. The zero-order chi connectivity index (χ0) is 18.2. The summed E-state index contributed by atoms with van der Waals surface area (Å²) in [6.07, 6.45) is 0.534. The van der Waals surface area contributed by atoms with Gasteiger partial charge in [-0.25, -0.2) is 0 Å². The van der Waals surface area contributed by atoms with Crippen LogP contribution in [0.2, 0.25) is 0 Å². The molecule has 2 aromatic carbocycles. The van der Waals surface area contributed by atoms with E-state index in [0.717, 1.165) is 16.7 Å². The Morgan fingerprint density at radius 3 is 2.52 bits per heavy atom. The first-order valence-electron chi connectivity index (χ1n) is 8.16. The highest BCUT2D eigenvalue weighted by atomic mass is 16.5. The molecule has 2 N–H and O–H groups in total. The van der Waals surface area contributed by atoms with Crippen LogP contribution in [0.4, 0.5) is 0 Å². The molecule has 5 heteroatoms. The van der Waals surface area contributed by atoms with Gasteiger partial charge in [-0.2, -0.15) is 0 Å². The predicted molar refractivity (Wildman–Crippen MR) is 95.7 cm³/mol. The number of amides is 1. The lowest BCUT2D eigenvalue weighted by atomic mass is 9.99. The highest BCUT2D eigenvalue weighted by Gasteiger charge is 2.19. The normalized spacial score (nSPS) is 11.6. The van der Waals surface area contributed by atoms with E-state index in [1.54, 1.807) is 7.11 Å². The fourth-order valence-corrected chi connectivity index (χ4v) is 2.66. The highest BCUT2D eigenvalue weighted by Crippen LogP contribution is 2.20. The number of rotatable bonds is 8. The summed E-state index contributed by atoms with van der Waals surface area (Å²) in [7, 11) is 1.56. The van der Waals surface area contributed by atoms with Crippen LogP contribution in [0.3, 0.4) is 0 Å². The van der Waals surface area contributed by atoms with E-state index in [1.165, 1.54) is 0 Å². The van der Waals surface area contributed by atoms with E-state index >= 15 is 0 Å². The molecule has 5 nitrogen and oxygen atoms in total. The number of carbonyl (C=O) groups excluding carboxylic acids is 1. The minimum Gasteiger partial charge on any atom is -0.496 e. The largest absolute Gasteiger partial charge is 0.496 e. The Balaban J connectivity index is 1.95. The first kappa shape index (κ1) is 18.5. The molecule has 0 aromatic heterocycles. The molecule has 0 aliphatic rings. The molecule has 2 aromatic rings. The van der Waals surface area contributed by atoms with Crippen molar-refractivity contribution < 1.29 is 19.4 Å². The molecule has 25 heavy (non-hydrogen) atoms. The zero-order valence-electron chi connectivity index (χ0n) is 14.5. The number of carbonyl (C=O) groups is 2. The Bertz CT molecular complexity index is 728. The number of aliphatic carboxylic acids is 1. The Morgan fingerprint density at radius 2 is 1.88 bits per heavy atom. The van der Waals surface area contributed by atoms with Gasteiger partial charge < -0.3 is 15.2 Å². The third kappa shape index (κ3) is 5.64. The van der Waals surface area contributed by atoms with Crippen molar-refractivity contribution in [2.45, 2.75) is 19.8 Å². The molecule has 0 aliphatic heterocycles. The number of ether oxygens (including phenoxy) is 1. The Labute approximate surface area is 147 Å². The molecular formula is C20H23NO4. The fourth-order valence-electron chi connectivity index (χ4n) is 2.66. The standard InChI is InChI=1S/C20H23NO4/c1-14-8-9-18(25-2)16(10-14)12-19(22)21-13-17(20(23)24)11-15-6-4-3-5-7-15/h3-10,17H,11-13H2,1-2H3,(H,21,22)(H,23,24). The second-order valence-corrected chi connectivity index (χ2v) is 6.02. The van der Waals surface area contributed by atoms with Crippen LogP contribution in [0.25, 0.3) is 0 Å². The van der Waals surface area contributed by atoms with Crippen molar-refractivity contribution in [3.63, 3.8) is 0 Å². The van der Waals surface area contributed by atoms with Gasteiger partial charge in [-0.15, -0.1) is 0 Å². The van der Waals surface area contributed by atoms with Crippen molar-refractivity contribution >= 4 is 11.9 Å². The second-order valence-electron chi connectivity index (χ2n) is 6.02. The van der Waals surface area contributed by atoms with Gasteiger partial charge in [0.1, 0.15) is 5.75 Å². The van der Waals surface area contributed by atoms with Gasteiger partial charge in [-0.3, -0.25) is 9.59 Å². The molecule has 0 aliphatic carbocycles. The van der Waals surface area contributed by atoms with Gasteiger partial charge in [0.15, 0.2) is 0 Å². The van der Waals surface area contributed by atoms with Crippen LogP contribution in [0.15, 0.2) is 48.5 Å². The summed E-state index contributed by atoms with van der Waals surface area (Å²) in [5.41, 5.74) is 2.76. The number of hydrogen-bond acceptors (Lipinski definition) is 3. The smallest absolute Gasteiger partial charge is 0.308 e. The van der Waals surface area contributed by atoms with E-state index in [4.69, 9.17) is 4.74 Å². The van der Waals surface area contributed by atoms with Crippen molar-refractivity contribution in [2.24, 2.45) is 5.92 Å². The van der Waals surface area contributed by atoms with Crippen LogP contribution in [0.5, 0.6) is 5.75 Å². The Kier molecular flexibility index (Phi) is 6.57. The van der Waals surface area contributed by atoms with Gasteiger partial charge >= 0.3 is 5.97 Å². The third-order valence-electron chi connectivity index (χ3n) is 4.01. The third-order valence-corrected chi connectivity index (χ3v) is 4.01. The van der Waals surface area contributed by atoms with E-state index in [2.05, 4.69) is 5.32 Å². The SMILES string of the molecule is COc1ccc(C)cc1CC(=O)NCC(Cc1ccccc1)C(=O)O. The fraction of sp³-hybridized carbons (Fsp3) is 0.300. The monoisotopic (exact) mass is 341 g/mol. The number of carboxylic acid groups (broad SMARTS) is 1. The van der Waals surface area contributed by atoms with Gasteiger partial charge in [-0.1, -0.05) is 48.0 Å². The molecule has 0 bridgehead atoms. The molecule has 0 heterocycles. The average molecular weight is 341 g/mol. The number of hydrogen-bond donors (Lipinski definition) is 2. The maximum Gasteiger partial charge on any atom is 0.308 e. The first-order valence-corrected chi connectivity index (χ1v) is 8.16. The molecule has 2 rings (SSSR count). The van der Waals surface area contributed by atoms with Gasteiger partial charge in [-0.05, 0) is 25.0 Å². The van der Waals surface area contributed by atoms with E-state index in [9.17, 15) is 14.7 Å². The van der Waals surface area contributed by atoms with E-state index in [0.29, 0.717) is 12.2 Å². The van der Waals surface area contributed by atoms with Crippen molar-refractivity contribution in [2.75, 3.05) is 13.7 Å². The van der Waals surface area contributed by atoms with Crippen LogP contribution < -0.4 is 10.1 Å². The van der Waals surface area contributed by atoms with Gasteiger partial charge in [0.2, 0.25) is 5.91 Å². The van der Waals surface area contributed by atoms with Crippen molar-refractivity contribution in [3.05, 3.63) is 65.2 Å². The lowest BCUT2D eigenvalue weighted by Gasteiger charge is -2.14. The highest BCUT2D eigenvalue weighted by molar-refractivity contribution is 5.80. The topological polar surface area (TPSA) is 75.6 Å². The molecule has 1 amide bonds. The first-order chi connectivity index (χ1) is 12.0. The van der Waals surface area contributed by atoms with Crippen LogP contribution in [0.1, 0.15) is 16.7 Å². The van der Waals surface area contributed by atoms with Crippen molar-refractivity contribution in [1.29, 1.82) is 0 Å². The van der Waals surface area contributed by atoms with Gasteiger partial charge in [0, 0.05) is 12.1 Å². The van der Waals surface area contributed by atoms with E-state index in [1.807, 2.05) is 55.5 Å². The molecule has 0 fully saturated rings. The lowest BCUT2D eigenvalue weighted by Crippen LogP contribution is -2.35. The molecule has 1 atom stereocenters. The molecule has 1 unspecified atom stereocenters. The average Bonchev–Trinajstić information content (AvgIpc) is 2.59. The number of nitrogens with one attached hydrogen (secondary N) is 1. The summed E-state index contributed by atoms with van der Waals surface area (Å²) in [5, 5.41) is 12.1. The summed E-state index contributed by atoms with van der Waals surface area (Å²) in [6, 6.07) is 15.0. The Hall–Kier alpha value is -2.82. The maximum atomic E-state index is 12.2. The Morgan fingerprint density at radius 1 is 1.16 bits per heavy atom. The maximum absolute atomic E-state index is 12.2. The van der Waals surface area contributed by atoms with Crippen LogP contribution in [0, 0.1) is 12.8 Å². The van der Waals surface area contributed by atoms with Crippen molar-refractivity contribution in [1.82, 2.24) is 5.32 Å². The summed E-state index contributed by atoms with van der Waals surface area (Å²) < 4.78 is 5.27. The van der Waals surface area contributed by atoms with Crippen LogP contribution in [-0.2, 0) is 22.4 Å². The predicted octanol–water partition coefficient (Wildman–Crippen LogP) is 2.61. The van der Waals surface area contributed by atoms with E-state index in [-0.39, 0.29) is 18.9 Å². The van der Waals surface area contributed by atoms with Crippen LogP contribution in [-0.4, -0.2) is 30.6 Å². The minimum atomic E-state index is -0.919. The summed E-state index contributed by atoms with van der Waals surface area (Å²) in [4.78, 5) is 23.7. The molecule has 0 spiro atoms. The molecular weight excluding hydrogens is 318 g/mol. The molecule has 0 radical (unpaired) electrons. The minimum absolute atomic E-state index is 0.0944. The lowest BCUT2D eigenvalue weighted by molar-refractivity contribution is -0.141. The molecule has 0 saturated carbocycles. The zero-order valence-corrected chi connectivity index (χ0v) is 14.5. The van der Waals surface area contributed by atoms with Gasteiger partial charge in [0.05, 0.1) is 19.4 Å². The summed E-state index contributed by atoms with van der Waals surface area (Å²) in [6.45, 7) is 2.04. The number of methoxy groups -OCH3 is 1. The number of carboxylic acids is 1. The molecule has 0 saturated heterocycles. The van der Waals surface area contributed by atoms with Crippen molar-refractivity contribution in [3.8, 4) is 5.75 Å². The van der Waals surface area contributed by atoms with Gasteiger partial charge in [0.25, 0.3) is 0 Å². The molecule has 132 valence electrons.